The van der Waals surface area contributed by atoms with Crippen LogP contribution < -0.4 is 0 Å². The third-order valence-corrected chi connectivity index (χ3v) is 3.92. The second-order valence-corrected chi connectivity index (χ2v) is 5.76. The van der Waals surface area contributed by atoms with E-state index in [1.807, 2.05) is 24.1 Å². The van der Waals surface area contributed by atoms with Gasteiger partial charge in [-0.25, -0.2) is 0 Å². The Morgan fingerprint density at radius 3 is 2.95 bits per heavy atom. The zero-order chi connectivity index (χ0) is 14.4. The molecule has 1 aliphatic heterocycles. The second kappa shape index (κ2) is 7.44. The monoisotopic (exact) mass is 275 g/mol. The van der Waals surface area contributed by atoms with Crippen molar-refractivity contribution in [1.29, 1.82) is 0 Å². The molecule has 3 heteroatoms. The Morgan fingerprint density at radius 1 is 1.40 bits per heavy atom. The number of hydrogen-bond donors (Lipinski definition) is 0. The summed E-state index contributed by atoms with van der Waals surface area (Å²) in [6.45, 7) is 3.72. The predicted molar refractivity (Wildman–Crippen MR) is 80.7 cm³/mol. The average Bonchev–Trinajstić information content (AvgIpc) is 2.46. The molecule has 1 saturated heterocycles. The number of ether oxygens (including phenoxy) is 1. The minimum absolute atomic E-state index is 0.186. The van der Waals surface area contributed by atoms with Gasteiger partial charge >= 0.3 is 0 Å². The molecule has 2 rings (SSSR count). The number of nitrogens with zero attached hydrogens (tertiary/aromatic N) is 1. The van der Waals surface area contributed by atoms with Crippen LogP contribution in [0.1, 0.15) is 36.8 Å². The molecule has 0 aromatic heterocycles. The van der Waals surface area contributed by atoms with E-state index < -0.39 is 0 Å². The van der Waals surface area contributed by atoms with Crippen molar-refractivity contribution in [1.82, 2.24) is 4.90 Å². The normalized spacial score (nSPS) is 18.8. The van der Waals surface area contributed by atoms with Crippen molar-refractivity contribution >= 4 is 5.91 Å². The number of hydrogen-bond acceptors (Lipinski definition) is 2. The lowest BCUT2D eigenvalue weighted by Gasteiger charge is -2.25. The van der Waals surface area contributed by atoms with Crippen LogP contribution in [-0.2, 0) is 16.0 Å². The van der Waals surface area contributed by atoms with Crippen LogP contribution in [0, 0.1) is 6.92 Å². The molecule has 1 fully saturated rings. The number of rotatable bonds is 5. The van der Waals surface area contributed by atoms with Crippen molar-refractivity contribution in [3.63, 3.8) is 0 Å². The molecule has 1 atom stereocenters. The first kappa shape index (κ1) is 15.0. The molecule has 3 nitrogen and oxygen atoms in total. The lowest BCUT2D eigenvalue weighted by molar-refractivity contribution is -0.129. The maximum absolute atomic E-state index is 12.2. The van der Waals surface area contributed by atoms with Gasteiger partial charge in [-0.1, -0.05) is 29.8 Å². The summed E-state index contributed by atoms with van der Waals surface area (Å²) in [6.07, 6.45) is 5.36. The van der Waals surface area contributed by atoms with Crippen molar-refractivity contribution in [3.05, 3.63) is 35.4 Å². The molecular formula is C17H25NO2. The molecular weight excluding hydrogens is 250 g/mol. The van der Waals surface area contributed by atoms with Crippen LogP contribution >= 0.6 is 0 Å². The highest BCUT2D eigenvalue weighted by Crippen LogP contribution is 2.16. The van der Waals surface area contributed by atoms with E-state index in [-0.39, 0.29) is 5.91 Å². The molecule has 0 spiro atoms. The van der Waals surface area contributed by atoms with Crippen molar-refractivity contribution in [2.75, 3.05) is 20.2 Å². The second-order valence-electron chi connectivity index (χ2n) is 5.76. The van der Waals surface area contributed by atoms with Crippen molar-refractivity contribution < 1.29 is 9.53 Å². The van der Waals surface area contributed by atoms with Crippen molar-refractivity contribution in [3.8, 4) is 0 Å². The molecule has 0 saturated carbocycles. The van der Waals surface area contributed by atoms with E-state index in [1.54, 1.807) is 0 Å². The summed E-state index contributed by atoms with van der Waals surface area (Å²) in [6, 6.07) is 8.16. The van der Waals surface area contributed by atoms with Crippen LogP contribution in [-0.4, -0.2) is 37.1 Å². The van der Waals surface area contributed by atoms with Gasteiger partial charge in [-0.3, -0.25) is 4.79 Å². The van der Waals surface area contributed by atoms with E-state index in [1.165, 1.54) is 18.4 Å². The fourth-order valence-corrected chi connectivity index (χ4v) is 2.63. The summed E-state index contributed by atoms with van der Waals surface area (Å²) in [5.74, 6) is 0.186. The average molecular weight is 275 g/mol. The number of likely N-dealkylation sites (N-methyl/N-ethyl adjacent to an activating group) is 1. The van der Waals surface area contributed by atoms with Crippen LogP contribution in [0.2, 0.25) is 0 Å². The first-order chi connectivity index (χ1) is 9.65. The number of carbonyl (C=O) groups is 1. The van der Waals surface area contributed by atoms with Gasteiger partial charge in [0.1, 0.15) is 0 Å². The molecule has 1 aromatic carbocycles. The summed E-state index contributed by atoms with van der Waals surface area (Å²) in [4.78, 5) is 14.0. The Morgan fingerprint density at radius 2 is 2.25 bits per heavy atom. The minimum Gasteiger partial charge on any atom is -0.378 e. The fraction of sp³-hybridized carbons (Fsp3) is 0.588. The number of aryl methyl sites for hydroxylation is 1. The highest BCUT2D eigenvalue weighted by molar-refractivity contribution is 5.78. The van der Waals surface area contributed by atoms with E-state index in [2.05, 4.69) is 19.1 Å². The predicted octanol–water partition coefficient (Wildman–Crippen LogP) is 2.96. The first-order valence-electron chi connectivity index (χ1n) is 7.56. The van der Waals surface area contributed by atoms with Crippen LogP contribution in [0.25, 0.3) is 0 Å². The van der Waals surface area contributed by atoms with E-state index in [0.717, 1.165) is 31.6 Å². The van der Waals surface area contributed by atoms with E-state index in [9.17, 15) is 4.79 Å². The molecule has 0 N–H and O–H groups in total. The molecule has 0 bridgehead atoms. The molecule has 20 heavy (non-hydrogen) atoms. The molecule has 1 aliphatic rings. The van der Waals surface area contributed by atoms with Gasteiger partial charge in [0, 0.05) is 20.2 Å². The maximum atomic E-state index is 12.2. The zero-order valence-electron chi connectivity index (χ0n) is 12.6. The van der Waals surface area contributed by atoms with Crippen LogP contribution in [0.15, 0.2) is 24.3 Å². The van der Waals surface area contributed by atoms with Gasteiger partial charge in [-0.15, -0.1) is 0 Å². The van der Waals surface area contributed by atoms with Gasteiger partial charge < -0.3 is 9.64 Å². The number of carbonyl (C=O) groups excluding carboxylic acids is 1. The Kier molecular flexibility index (Phi) is 5.60. The third-order valence-electron chi connectivity index (χ3n) is 3.92. The Hall–Kier alpha value is -1.35. The summed E-state index contributed by atoms with van der Waals surface area (Å²) >= 11 is 0. The summed E-state index contributed by atoms with van der Waals surface area (Å²) in [7, 11) is 1.89. The Labute approximate surface area is 121 Å². The minimum atomic E-state index is 0.186. The lowest BCUT2D eigenvalue weighted by atomic mass is 10.1. The molecule has 0 radical (unpaired) electrons. The van der Waals surface area contributed by atoms with Gasteiger partial charge in [0.2, 0.25) is 5.91 Å². The van der Waals surface area contributed by atoms with E-state index in [4.69, 9.17) is 4.74 Å². The zero-order valence-corrected chi connectivity index (χ0v) is 12.6. The van der Waals surface area contributed by atoms with Crippen LogP contribution in [0.3, 0.4) is 0 Å². The Balaban J connectivity index is 1.76. The van der Waals surface area contributed by atoms with Gasteiger partial charge in [0.05, 0.1) is 12.5 Å². The lowest BCUT2D eigenvalue weighted by Crippen LogP contribution is -2.32. The van der Waals surface area contributed by atoms with Crippen molar-refractivity contribution in [2.24, 2.45) is 0 Å². The third kappa shape index (κ3) is 4.64. The maximum Gasteiger partial charge on any atom is 0.226 e. The van der Waals surface area contributed by atoms with Gasteiger partial charge in [-0.05, 0) is 38.2 Å². The van der Waals surface area contributed by atoms with Crippen LogP contribution in [0.5, 0.6) is 0 Å². The topological polar surface area (TPSA) is 29.5 Å². The molecule has 1 amide bonds. The number of benzene rings is 1. The molecule has 1 aromatic rings. The van der Waals surface area contributed by atoms with Gasteiger partial charge in [0.25, 0.3) is 0 Å². The standard InChI is InChI=1S/C17H25NO2/c1-14-6-5-7-15(12-14)13-17(19)18(2)10-9-16-8-3-4-11-20-16/h5-7,12,16H,3-4,8-11,13H2,1-2H3. The summed E-state index contributed by atoms with van der Waals surface area (Å²) in [5.41, 5.74) is 2.30. The highest BCUT2D eigenvalue weighted by Gasteiger charge is 2.16. The molecule has 0 aliphatic carbocycles. The van der Waals surface area contributed by atoms with Crippen LogP contribution in [0.4, 0.5) is 0 Å². The molecule has 1 heterocycles. The number of amides is 1. The molecule has 1 unspecified atom stereocenters. The van der Waals surface area contributed by atoms with Crippen molar-refractivity contribution in [2.45, 2.75) is 45.1 Å². The highest BCUT2D eigenvalue weighted by atomic mass is 16.5. The summed E-state index contributed by atoms with van der Waals surface area (Å²) in [5, 5.41) is 0. The van der Waals surface area contributed by atoms with Gasteiger partial charge in [-0.2, -0.15) is 0 Å². The molecule has 110 valence electrons. The Bertz CT molecular complexity index is 438. The summed E-state index contributed by atoms with van der Waals surface area (Å²) < 4.78 is 5.70. The smallest absolute Gasteiger partial charge is 0.226 e. The SMILES string of the molecule is Cc1cccc(CC(=O)N(C)CCC2CCCCO2)c1. The first-order valence-corrected chi connectivity index (χ1v) is 7.56. The quantitative estimate of drug-likeness (QED) is 0.827. The largest absolute Gasteiger partial charge is 0.378 e. The van der Waals surface area contributed by atoms with E-state index >= 15 is 0 Å². The fourth-order valence-electron chi connectivity index (χ4n) is 2.63. The van der Waals surface area contributed by atoms with Gasteiger partial charge in [0.15, 0.2) is 0 Å². The van der Waals surface area contributed by atoms with E-state index in [0.29, 0.717) is 12.5 Å².